The molecular formula is C8H12O2. The quantitative estimate of drug-likeness (QED) is 0.590. The summed E-state index contributed by atoms with van der Waals surface area (Å²) in [6, 6.07) is 0. The van der Waals surface area contributed by atoms with Gasteiger partial charge in [-0.15, -0.1) is 11.8 Å². The Hall–Kier alpha value is -0.970. The summed E-state index contributed by atoms with van der Waals surface area (Å²) in [5.41, 5.74) is 0. The second-order valence-corrected chi connectivity index (χ2v) is 2.15. The van der Waals surface area contributed by atoms with Crippen molar-refractivity contribution >= 4 is 5.97 Å². The van der Waals surface area contributed by atoms with E-state index in [1.54, 1.807) is 6.92 Å². The van der Waals surface area contributed by atoms with Crippen LogP contribution < -0.4 is 0 Å². The number of carboxylic acids is 1. The van der Waals surface area contributed by atoms with Crippen LogP contribution in [0, 0.1) is 17.8 Å². The van der Waals surface area contributed by atoms with Crippen LogP contribution in [-0.2, 0) is 4.79 Å². The summed E-state index contributed by atoms with van der Waals surface area (Å²) < 4.78 is 0. The molecule has 0 unspecified atom stereocenters. The summed E-state index contributed by atoms with van der Waals surface area (Å²) in [6.07, 6.45) is 1.26. The lowest BCUT2D eigenvalue weighted by molar-refractivity contribution is -0.140. The fraction of sp³-hybridized carbons (Fsp3) is 0.625. The van der Waals surface area contributed by atoms with E-state index >= 15 is 0 Å². The van der Waals surface area contributed by atoms with Crippen molar-refractivity contribution in [1.29, 1.82) is 0 Å². The summed E-state index contributed by atoms with van der Waals surface area (Å²) >= 11 is 0. The van der Waals surface area contributed by atoms with E-state index in [0.29, 0.717) is 6.42 Å². The molecule has 2 nitrogen and oxygen atoms in total. The van der Waals surface area contributed by atoms with Gasteiger partial charge in [0.25, 0.3) is 0 Å². The highest BCUT2D eigenvalue weighted by molar-refractivity contribution is 5.69. The Labute approximate surface area is 61.2 Å². The van der Waals surface area contributed by atoms with E-state index in [-0.39, 0.29) is 5.92 Å². The van der Waals surface area contributed by atoms with E-state index in [1.807, 2.05) is 6.92 Å². The zero-order chi connectivity index (χ0) is 7.98. The van der Waals surface area contributed by atoms with Crippen molar-refractivity contribution in [1.82, 2.24) is 0 Å². The predicted molar refractivity (Wildman–Crippen MR) is 39.5 cm³/mol. The highest BCUT2D eigenvalue weighted by Gasteiger charge is 2.07. The van der Waals surface area contributed by atoms with Gasteiger partial charge in [0, 0.05) is 12.8 Å². The second kappa shape index (κ2) is 4.87. The average molecular weight is 140 g/mol. The standard InChI is InChI=1S/C8H12O2/c1-3-4-5-6-7(2)8(9)10/h7H,3,6H2,1-2H3,(H,9,10)/t7-/m0/s1. The van der Waals surface area contributed by atoms with Gasteiger partial charge in [-0.05, 0) is 0 Å². The molecule has 0 heterocycles. The molecule has 1 N–H and O–H groups in total. The molecular weight excluding hydrogens is 128 g/mol. The summed E-state index contributed by atoms with van der Waals surface area (Å²) in [7, 11) is 0. The Morgan fingerprint density at radius 1 is 1.60 bits per heavy atom. The number of hydrogen-bond donors (Lipinski definition) is 1. The molecule has 1 atom stereocenters. The molecule has 10 heavy (non-hydrogen) atoms. The third kappa shape index (κ3) is 3.96. The minimum Gasteiger partial charge on any atom is -0.481 e. The Balaban J connectivity index is 3.58. The normalized spacial score (nSPS) is 11.4. The van der Waals surface area contributed by atoms with Crippen LogP contribution in [0.2, 0.25) is 0 Å². The van der Waals surface area contributed by atoms with Gasteiger partial charge in [-0.3, -0.25) is 4.79 Å². The van der Waals surface area contributed by atoms with Crippen molar-refractivity contribution in [2.24, 2.45) is 5.92 Å². The molecule has 0 fully saturated rings. The van der Waals surface area contributed by atoms with Crippen LogP contribution in [0.1, 0.15) is 26.7 Å². The number of hydrogen-bond acceptors (Lipinski definition) is 1. The predicted octanol–water partition coefficient (Wildman–Crippen LogP) is 1.51. The molecule has 0 saturated carbocycles. The molecule has 2 heteroatoms. The first-order valence-corrected chi connectivity index (χ1v) is 3.37. The highest BCUT2D eigenvalue weighted by atomic mass is 16.4. The molecule has 56 valence electrons. The molecule has 0 aromatic rings. The van der Waals surface area contributed by atoms with Gasteiger partial charge in [0.2, 0.25) is 0 Å². The number of rotatable bonds is 2. The second-order valence-electron chi connectivity index (χ2n) is 2.15. The Kier molecular flexibility index (Phi) is 4.39. The third-order valence-electron chi connectivity index (χ3n) is 1.13. The lowest BCUT2D eigenvalue weighted by atomic mass is 10.1. The maximum atomic E-state index is 10.2. The van der Waals surface area contributed by atoms with Gasteiger partial charge < -0.3 is 5.11 Å². The van der Waals surface area contributed by atoms with Crippen molar-refractivity contribution in [3.05, 3.63) is 0 Å². The molecule has 0 aliphatic heterocycles. The third-order valence-corrected chi connectivity index (χ3v) is 1.13. The van der Waals surface area contributed by atoms with Crippen LogP contribution in [0.15, 0.2) is 0 Å². The maximum absolute atomic E-state index is 10.2. The summed E-state index contributed by atoms with van der Waals surface area (Å²) in [5.74, 6) is 4.50. The van der Waals surface area contributed by atoms with E-state index in [1.165, 1.54) is 0 Å². The topological polar surface area (TPSA) is 37.3 Å². The van der Waals surface area contributed by atoms with Crippen LogP contribution in [0.5, 0.6) is 0 Å². The zero-order valence-corrected chi connectivity index (χ0v) is 6.35. The van der Waals surface area contributed by atoms with Crippen LogP contribution >= 0.6 is 0 Å². The largest absolute Gasteiger partial charge is 0.481 e. The smallest absolute Gasteiger partial charge is 0.307 e. The van der Waals surface area contributed by atoms with E-state index in [9.17, 15) is 4.79 Å². The average Bonchev–Trinajstić information content (AvgIpc) is 1.88. The fourth-order valence-electron chi connectivity index (χ4n) is 0.438. The molecule has 0 radical (unpaired) electrons. The minimum atomic E-state index is -0.773. The van der Waals surface area contributed by atoms with Crippen LogP contribution in [0.25, 0.3) is 0 Å². The first-order valence-electron chi connectivity index (χ1n) is 3.37. The van der Waals surface area contributed by atoms with Gasteiger partial charge in [0.15, 0.2) is 0 Å². The van der Waals surface area contributed by atoms with E-state index < -0.39 is 5.97 Å². The maximum Gasteiger partial charge on any atom is 0.307 e. The van der Waals surface area contributed by atoms with Gasteiger partial charge in [0.1, 0.15) is 0 Å². The van der Waals surface area contributed by atoms with Gasteiger partial charge in [-0.1, -0.05) is 13.8 Å². The van der Waals surface area contributed by atoms with Crippen molar-refractivity contribution in [3.8, 4) is 11.8 Å². The first-order chi connectivity index (χ1) is 4.68. The first kappa shape index (κ1) is 9.03. The lowest BCUT2D eigenvalue weighted by Gasteiger charge is -1.96. The zero-order valence-electron chi connectivity index (χ0n) is 6.35. The van der Waals surface area contributed by atoms with Gasteiger partial charge in [0.05, 0.1) is 5.92 Å². The summed E-state index contributed by atoms with van der Waals surface area (Å²) in [6.45, 7) is 3.60. The molecule has 0 saturated heterocycles. The molecule has 0 aliphatic rings. The highest BCUT2D eigenvalue weighted by Crippen LogP contribution is 1.98. The molecule has 0 spiro atoms. The molecule has 0 aromatic heterocycles. The fourth-order valence-corrected chi connectivity index (χ4v) is 0.438. The molecule has 0 aromatic carbocycles. The summed E-state index contributed by atoms with van der Waals surface area (Å²) in [5, 5.41) is 8.41. The molecule has 0 amide bonds. The van der Waals surface area contributed by atoms with Crippen LogP contribution in [0.4, 0.5) is 0 Å². The number of carbonyl (C=O) groups is 1. The van der Waals surface area contributed by atoms with Crippen molar-refractivity contribution in [3.63, 3.8) is 0 Å². The van der Waals surface area contributed by atoms with Crippen molar-refractivity contribution in [2.45, 2.75) is 26.7 Å². The SMILES string of the molecule is CCC#CC[C@H](C)C(=O)O. The molecule has 0 rings (SSSR count). The van der Waals surface area contributed by atoms with Crippen LogP contribution in [-0.4, -0.2) is 11.1 Å². The van der Waals surface area contributed by atoms with Crippen LogP contribution in [0.3, 0.4) is 0 Å². The molecule has 0 bridgehead atoms. The van der Waals surface area contributed by atoms with E-state index in [2.05, 4.69) is 11.8 Å². The van der Waals surface area contributed by atoms with Crippen molar-refractivity contribution in [2.75, 3.05) is 0 Å². The van der Waals surface area contributed by atoms with Crippen molar-refractivity contribution < 1.29 is 9.90 Å². The summed E-state index contributed by atoms with van der Waals surface area (Å²) in [4.78, 5) is 10.2. The Morgan fingerprint density at radius 2 is 2.20 bits per heavy atom. The van der Waals surface area contributed by atoms with Gasteiger partial charge in [-0.2, -0.15) is 0 Å². The Bertz CT molecular complexity index is 162. The van der Waals surface area contributed by atoms with Gasteiger partial charge >= 0.3 is 5.97 Å². The number of carboxylic acid groups (broad SMARTS) is 1. The monoisotopic (exact) mass is 140 g/mol. The van der Waals surface area contributed by atoms with E-state index in [0.717, 1.165) is 6.42 Å². The molecule has 0 aliphatic carbocycles. The van der Waals surface area contributed by atoms with E-state index in [4.69, 9.17) is 5.11 Å². The minimum absolute atomic E-state index is 0.334. The Morgan fingerprint density at radius 3 is 2.60 bits per heavy atom. The number of aliphatic carboxylic acids is 1. The lowest BCUT2D eigenvalue weighted by Crippen LogP contribution is -2.07. The van der Waals surface area contributed by atoms with Gasteiger partial charge in [-0.25, -0.2) is 0 Å².